The summed E-state index contributed by atoms with van der Waals surface area (Å²) < 4.78 is 5.27. The van der Waals surface area contributed by atoms with Crippen molar-refractivity contribution in [2.75, 3.05) is 18.5 Å². The van der Waals surface area contributed by atoms with Crippen LogP contribution in [-0.4, -0.2) is 29.9 Å². The molecule has 0 unspecified atom stereocenters. The number of benzene rings is 1. The number of hydrogen-bond donors (Lipinski definition) is 2. The first kappa shape index (κ1) is 15.0. The Labute approximate surface area is 126 Å². The maximum atomic E-state index is 11.6. The van der Waals surface area contributed by atoms with Crippen LogP contribution in [0.25, 0.3) is 0 Å². The number of para-hydroxylation sites is 1. The molecule has 0 aliphatic carbocycles. The van der Waals surface area contributed by atoms with Crippen molar-refractivity contribution >= 4 is 28.3 Å². The van der Waals surface area contributed by atoms with Crippen LogP contribution in [0.3, 0.4) is 0 Å². The second-order valence-corrected chi connectivity index (χ2v) is 5.44. The number of aryl methyl sites for hydroxylation is 1. The molecule has 0 aliphatic rings. The Bertz CT molecular complexity index is 613. The van der Waals surface area contributed by atoms with E-state index in [1.165, 1.54) is 11.3 Å². The van der Waals surface area contributed by atoms with Gasteiger partial charge in [-0.2, -0.15) is 0 Å². The zero-order valence-electron chi connectivity index (χ0n) is 11.5. The molecule has 2 amide bonds. The van der Waals surface area contributed by atoms with Crippen LogP contribution in [0.1, 0.15) is 4.88 Å². The zero-order chi connectivity index (χ0) is 15.1. The van der Waals surface area contributed by atoms with E-state index in [1.54, 1.807) is 18.3 Å². The summed E-state index contributed by atoms with van der Waals surface area (Å²) in [6.45, 7) is 1.65. The van der Waals surface area contributed by atoms with Crippen LogP contribution in [0.15, 0.2) is 36.5 Å². The molecule has 0 saturated heterocycles. The summed E-state index contributed by atoms with van der Waals surface area (Å²) in [7, 11) is 0. The summed E-state index contributed by atoms with van der Waals surface area (Å²) in [5, 5.41) is 5.61. The van der Waals surface area contributed by atoms with Crippen molar-refractivity contribution in [1.82, 2.24) is 10.3 Å². The van der Waals surface area contributed by atoms with Crippen LogP contribution in [-0.2, 0) is 9.59 Å². The Kier molecular flexibility index (Phi) is 5.28. The van der Waals surface area contributed by atoms with Crippen molar-refractivity contribution in [3.05, 3.63) is 41.4 Å². The van der Waals surface area contributed by atoms with E-state index in [2.05, 4.69) is 15.6 Å². The number of anilines is 1. The van der Waals surface area contributed by atoms with Crippen molar-refractivity contribution in [2.24, 2.45) is 0 Å². The van der Waals surface area contributed by atoms with Gasteiger partial charge in [-0.3, -0.25) is 9.59 Å². The third kappa shape index (κ3) is 5.23. The SMILES string of the molecule is Cc1cnc(NC(=O)CNC(=O)COc2ccccc2)s1. The van der Waals surface area contributed by atoms with Crippen LogP contribution in [0, 0.1) is 6.92 Å². The van der Waals surface area contributed by atoms with Gasteiger partial charge in [0.05, 0.1) is 6.54 Å². The number of rotatable bonds is 6. The van der Waals surface area contributed by atoms with Gasteiger partial charge in [0.2, 0.25) is 5.91 Å². The Morgan fingerprint density at radius 3 is 2.67 bits per heavy atom. The van der Waals surface area contributed by atoms with Gasteiger partial charge in [-0.05, 0) is 19.1 Å². The lowest BCUT2D eigenvalue weighted by atomic mass is 10.3. The van der Waals surface area contributed by atoms with Gasteiger partial charge in [-0.1, -0.05) is 18.2 Å². The highest BCUT2D eigenvalue weighted by Gasteiger charge is 2.08. The predicted octanol–water partition coefficient (Wildman–Crippen LogP) is 1.59. The number of amides is 2. The molecule has 0 spiro atoms. The Morgan fingerprint density at radius 1 is 1.24 bits per heavy atom. The van der Waals surface area contributed by atoms with Gasteiger partial charge in [0.1, 0.15) is 5.75 Å². The fraction of sp³-hybridized carbons (Fsp3) is 0.214. The molecule has 6 nitrogen and oxygen atoms in total. The standard InChI is InChI=1S/C14H15N3O3S/c1-10-7-16-14(21-10)17-12(18)8-15-13(19)9-20-11-5-3-2-4-6-11/h2-7H,8-9H2,1H3,(H,15,19)(H,16,17,18). The second-order valence-electron chi connectivity index (χ2n) is 4.20. The van der Waals surface area contributed by atoms with Crippen LogP contribution in [0.4, 0.5) is 5.13 Å². The summed E-state index contributed by atoms with van der Waals surface area (Å²) in [6, 6.07) is 9.00. The summed E-state index contributed by atoms with van der Waals surface area (Å²) in [5.41, 5.74) is 0. The summed E-state index contributed by atoms with van der Waals surface area (Å²) in [5.74, 6) is -0.0721. The van der Waals surface area contributed by atoms with E-state index in [0.29, 0.717) is 10.9 Å². The monoisotopic (exact) mass is 305 g/mol. The minimum Gasteiger partial charge on any atom is -0.484 e. The molecule has 1 heterocycles. The number of aromatic nitrogens is 1. The molecule has 0 bridgehead atoms. The first-order valence-electron chi connectivity index (χ1n) is 6.30. The van der Waals surface area contributed by atoms with E-state index in [-0.39, 0.29) is 25.0 Å². The molecule has 1 aromatic heterocycles. The Balaban J connectivity index is 1.67. The maximum absolute atomic E-state index is 11.6. The van der Waals surface area contributed by atoms with Gasteiger partial charge in [0, 0.05) is 11.1 Å². The summed E-state index contributed by atoms with van der Waals surface area (Å²) >= 11 is 1.38. The Hall–Kier alpha value is -2.41. The van der Waals surface area contributed by atoms with Crippen LogP contribution in [0.2, 0.25) is 0 Å². The molecule has 0 radical (unpaired) electrons. The zero-order valence-corrected chi connectivity index (χ0v) is 12.3. The minimum atomic E-state index is -0.357. The lowest BCUT2D eigenvalue weighted by Crippen LogP contribution is -2.35. The fourth-order valence-electron chi connectivity index (χ4n) is 1.47. The largest absolute Gasteiger partial charge is 0.484 e. The van der Waals surface area contributed by atoms with Crippen molar-refractivity contribution in [2.45, 2.75) is 6.92 Å². The van der Waals surface area contributed by atoms with Gasteiger partial charge in [0.25, 0.3) is 5.91 Å². The Morgan fingerprint density at radius 2 is 2.00 bits per heavy atom. The average Bonchev–Trinajstić information content (AvgIpc) is 2.89. The predicted molar refractivity (Wildman–Crippen MR) is 80.4 cm³/mol. The first-order chi connectivity index (χ1) is 10.1. The van der Waals surface area contributed by atoms with Gasteiger partial charge >= 0.3 is 0 Å². The van der Waals surface area contributed by atoms with Crippen LogP contribution < -0.4 is 15.4 Å². The number of thiazole rings is 1. The van der Waals surface area contributed by atoms with E-state index < -0.39 is 0 Å². The van der Waals surface area contributed by atoms with E-state index in [0.717, 1.165) is 4.88 Å². The summed E-state index contributed by atoms with van der Waals surface area (Å²) in [6.07, 6.45) is 1.67. The highest BCUT2D eigenvalue weighted by Crippen LogP contribution is 2.15. The van der Waals surface area contributed by atoms with E-state index in [9.17, 15) is 9.59 Å². The van der Waals surface area contributed by atoms with Gasteiger partial charge in [0.15, 0.2) is 11.7 Å². The van der Waals surface area contributed by atoms with Gasteiger partial charge in [-0.15, -0.1) is 11.3 Å². The number of carbonyl (C=O) groups is 2. The molecule has 1 aromatic carbocycles. The van der Waals surface area contributed by atoms with E-state index in [4.69, 9.17) is 4.74 Å². The quantitative estimate of drug-likeness (QED) is 0.849. The highest BCUT2D eigenvalue weighted by molar-refractivity contribution is 7.15. The van der Waals surface area contributed by atoms with Crippen molar-refractivity contribution in [3.8, 4) is 5.75 Å². The number of carbonyl (C=O) groups excluding carboxylic acids is 2. The van der Waals surface area contributed by atoms with Crippen molar-refractivity contribution < 1.29 is 14.3 Å². The third-order valence-corrected chi connectivity index (χ3v) is 3.26. The molecular formula is C14H15N3O3S. The lowest BCUT2D eigenvalue weighted by Gasteiger charge is -2.07. The first-order valence-corrected chi connectivity index (χ1v) is 7.12. The minimum absolute atomic E-state index is 0.115. The van der Waals surface area contributed by atoms with E-state index >= 15 is 0 Å². The molecule has 110 valence electrons. The molecule has 2 N–H and O–H groups in total. The highest BCUT2D eigenvalue weighted by atomic mass is 32.1. The molecule has 2 rings (SSSR count). The molecule has 0 saturated carbocycles. The van der Waals surface area contributed by atoms with Crippen LogP contribution >= 0.6 is 11.3 Å². The van der Waals surface area contributed by atoms with E-state index in [1.807, 2.05) is 25.1 Å². The molecule has 0 fully saturated rings. The summed E-state index contributed by atoms with van der Waals surface area (Å²) in [4.78, 5) is 28.2. The third-order valence-electron chi connectivity index (χ3n) is 2.43. The van der Waals surface area contributed by atoms with Crippen molar-refractivity contribution in [1.29, 1.82) is 0 Å². The fourth-order valence-corrected chi connectivity index (χ4v) is 2.15. The molecule has 0 aliphatic heterocycles. The molecular weight excluding hydrogens is 290 g/mol. The van der Waals surface area contributed by atoms with Gasteiger partial charge in [-0.25, -0.2) is 4.98 Å². The number of nitrogens with zero attached hydrogens (tertiary/aromatic N) is 1. The van der Waals surface area contributed by atoms with Crippen molar-refractivity contribution in [3.63, 3.8) is 0 Å². The maximum Gasteiger partial charge on any atom is 0.258 e. The normalized spacial score (nSPS) is 9.95. The number of hydrogen-bond acceptors (Lipinski definition) is 5. The topological polar surface area (TPSA) is 80.3 Å². The molecule has 7 heteroatoms. The molecule has 0 atom stereocenters. The molecule has 2 aromatic rings. The number of ether oxygens (including phenoxy) is 1. The average molecular weight is 305 g/mol. The second kappa shape index (κ2) is 7.39. The van der Waals surface area contributed by atoms with Gasteiger partial charge < -0.3 is 15.4 Å². The number of nitrogens with one attached hydrogen (secondary N) is 2. The molecule has 21 heavy (non-hydrogen) atoms. The smallest absolute Gasteiger partial charge is 0.258 e. The van der Waals surface area contributed by atoms with Crippen LogP contribution in [0.5, 0.6) is 5.75 Å². The lowest BCUT2D eigenvalue weighted by molar-refractivity contribution is -0.125.